The molecule has 0 spiro atoms. The lowest BCUT2D eigenvalue weighted by atomic mass is 10.3. The van der Waals surface area contributed by atoms with Crippen molar-refractivity contribution in [3.63, 3.8) is 0 Å². The number of carbonyl (C=O) groups is 1. The zero-order chi connectivity index (χ0) is 12.3. The van der Waals surface area contributed by atoms with Crippen molar-refractivity contribution in [3.05, 3.63) is 47.2 Å². The normalized spacial score (nSPS) is 9.94. The Balaban J connectivity index is 2.21. The standard InChI is InChI=1S/C11H7ClN2O3/c12-7-4-5-9(13-6-7)17-10-3-1-2-8(14-10)11(15)16/h1-6H,(H,15,16). The second-order valence-electron chi connectivity index (χ2n) is 3.08. The van der Waals surface area contributed by atoms with Crippen molar-refractivity contribution >= 4 is 17.6 Å². The van der Waals surface area contributed by atoms with E-state index in [2.05, 4.69) is 9.97 Å². The summed E-state index contributed by atoms with van der Waals surface area (Å²) in [5, 5.41) is 9.25. The molecular formula is C11H7ClN2O3. The second-order valence-corrected chi connectivity index (χ2v) is 3.52. The number of rotatable bonds is 3. The molecule has 0 saturated heterocycles. The highest BCUT2D eigenvalue weighted by molar-refractivity contribution is 6.30. The van der Waals surface area contributed by atoms with Crippen LogP contribution < -0.4 is 4.74 Å². The van der Waals surface area contributed by atoms with E-state index in [-0.39, 0.29) is 11.6 Å². The van der Waals surface area contributed by atoms with E-state index in [9.17, 15) is 4.79 Å². The van der Waals surface area contributed by atoms with Crippen LogP contribution in [0.1, 0.15) is 10.5 Å². The minimum absolute atomic E-state index is 0.0866. The lowest BCUT2D eigenvalue weighted by molar-refractivity contribution is 0.0689. The van der Waals surface area contributed by atoms with E-state index in [1.807, 2.05) is 0 Å². The van der Waals surface area contributed by atoms with Crippen LogP contribution in [0.15, 0.2) is 36.5 Å². The van der Waals surface area contributed by atoms with Crippen LogP contribution in [0.4, 0.5) is 0 Å². The number of ether oxygens (including phenoxy) is 1. The van der Waals surface area contributed by atoms with Gasteiger partial charge in [0.2, 0.25) is 11.8 Å². The summed E-state index contributed by atoms with van der Waals surface area (Å²) in [4.78, 5) is 18.4. The number of hydrogen-bond donors (Lipinski definition) is 1. The Hall–Kier alpha value is -2.14. The van der Waals surface area contributed by atoms with Crippen LogP contribution in [0.3, 0.4) is 0 Å². The minimum Gasteiger partial charge on any atom is -0.477 e. The zero-order valence-electron chi connectivity index (χ0n) is 8.50. The molecule has 1 N–H and O–H groups in total. The molecule has 86 valence electrons. The predicted molar refractivity (Wildman–Crippen MR) is 60.5 cm³/mol. The highest BCUT2D eigenvalue weighted by Crippen LogP contribution is 2.18. The van der Waals surface area contributed by atoms with Crippen LogP contribution in [0, 0.1) is 0 Å². The maximum Gasteiger partial charge on any atom is 0.354 e. The molecule has 2 aromatic rings. The number of aromatic nitrogens is 2. The summed E-state index contributed by atoms with van der Waals surface area (Å²) >= 11 is 5.67. The number of nitrogens with zero attached hydrogens (tertiary/aromatic N) is 2. The molecule has 0 unspecified atom stereocenters. The largest absolute Gasteiger partial charge is 0.477 e. The average Bonchev–Trinajstić information content (AvgIpc) is 2.32. The molecule has 17 heavy (non-hydrogen) atoms. The molecular weight excluding hydrogens is 244 g/mol. The van der Waals surface area contributed by atoms with E-state index < -0.39 is 5.97 Å². The number of carboxylic acid groups (broad SMARTS) is 1. The molecule has 0 atom stereocenters. The summed E-state index contributed by atoms with van der Waals surface area (Å²) in [6.07, 6.45) is 1.43. The minimum atomic E-state index is -1.11. The van der Waals surface area contributed by atoms with Crippen LogP contribution in [-0.2, 0) is 0 Å². The lowest BCUT2D eigenvalue weighted by Gasteiger charge is -2.03. The van der Waals surface area contributed by atoms with Gasteiger partial charge in [0.05, 0.1) is 5.02 Å². The molecule has 5 nitrogen and oxygen atoms in total. The van der Waals surface area contributed by atoms with Gasteiger partial charge < -0.3 is 9.84 Å². The Morgan fingerprint density at radius 3 is 2.71 bits per heavy atom. The van der Waals surface area contributed by atoms with E-state index in [4.69, 9.17) is 21.4 Å². The van der Waals surface area contributed by atoms with Crippen molar-refractivity contribution < 1.29 is 14.6 Å². The lowest BCUT2D eigenvalue weighted by Crippen LogP contribution is -2.01. The van der Waals surface area contributed by atoms with Gasteiger partial charge in [-0.05, 0) is 12.1 Å². The number of hydrogen-bond acceptors (Lipinski definition) is 4. The molecule has 0 bridgehead atoms. The van der Waals surface area contributed by atoms with Crippen molar-refractivity contribution in [1.82, 2.24) is 9.97 Å². The van der Waals surface area contributed by atoms with Gasteiger partial charge in [-0.2, -0.15) is 0 Å². The van der Waals surface area contributed by atoms with Gasteiger partial charge in [0, 0.05) is 18.3 Å². The van der Waals surface area contributed by atoms with E-state index in [0.717, 1.165) is 0 Å². The van der Waals surface area contributed by atoms with Crippen molar-refractivity contribution in [2.75, 3.05) is 0 Å². The van der Waals surface area contributed by atoms with E-state index in [1.165, 1.54) is 12.3 Å². The third kappa shape index (κ3) is 2.92. The van der Waals surface area contributed by atoms with E-state index >= 15 is 0 Å². The Morgan fingerprint density at radius 1 is 1.24 bits per heavy atom. The first kappa shape index (κ1) is 11.3. The third-order valence-corrected chi connectivity index (χ3v) is 2.08. The van der Waals surface area contributed by atoms with Crippen LogP contribution in [0.25, 0.3) is 0 Å². The van der Waals surface area contributed by atoms with E-state index in [1.54, 1.807) is 24.3 Å². The van der Waals surface area contributed by atoms with Gasteiger partial charge in [-0.15, -0.1) is 0 Å². The fourth-order valence-corrected chi connectivity index (χ4v) is 1.23. The van der Waals surface area contributed by atoms with Crippen molar-refractivity contribution in [1.29, 1.82) is 0 Å². The first-order valence-electron chi connectivity index (χ1n) is 4.65. The molecule has 0 fully saturated rings. The number of halogens is 1. The fourth-order valence-electron chi connectivity index (χ4n) is 1.12. The van der Waals surface area contributed by atoms with Crippen molar-refractivity contribution in [2.24, 2.45) is 0 Å². The van der Waals surface area contributed by atoms with Gasteiger partial charge >= 0.3 is 5.97 Å². The number of carboxylic acids is 1. The molecule has 0 aromatic carbocycles. The molecule has 0 amide bonds. The average molecular weight is 251 g/mol. The molecule has 2 aromatic heterocycles. The molecule has 0 aliphatic heterocycles. The van der Waals surface area contributed by atoms with Gasteiger partial charge in [0.15, 0.2) is 5.69 Å². The first-order chi connectivity index (χ1) is 8.15. The molecule has 0 aliphatic rings. The molecule has 0 saturated carbocycles. The zero-order valence-corrected chi connectivity index (χ0v) is 9.26. The topological polar surface area (TPSA) is 72.3 Å². The Labute approximate surface area is 102 Å². The number of aromatic carboxylic acids is 1. The van der Waals surface area contributed by atoms with Crippen LogP contribution >= 0.6 is 11.6 Å². The fraction of sp³-hybridized carbons (Fsp3) is 0. The maximum absolute atomic E-state index is 10.7. The van der Waals surface area contributed by atoms with Crippen LogP contribution in [-0.4, -0.2) is 21.0 Å². The SMILES string of the molecule is O=C(O)c1cccc(Oc2ccc(Cl)cn2)n1. The Bertz CT molecular complexity index is 543. The van der Waals surface area contributed by atoms with Crippen molar-refractivity contribution in [3.8, 4) is 11.8 Å². The highest BCUT2D eigenvalue weighted by Gasteiger charge is 2.06. The summed E-state index contributed by atoms with van der Waals surface area (Å²) in [6.45, 7) is 0. The Morgan fingerprint density at radius 2 is 2.06 bits per heavy atom. The van der Waals surface area contributed by atoms with Crippen LogP contribution in [0.5, 0.6) is 11.8 Å². The van der Waals surface area contributed by atoms with Gasteiger partial charge in [-0.3, -0.25) is 0 Å². The summed E-state index contributed by atoms with van der Waals surface area (Å²) in [6, 6.07) is 7.65. The molecule has 2 rings (SSSR count). The van der Waals surface area contributed by atoms with Gasteiger partial charge in [-0.1, -0.05) is 17.7 Å². The summed E-state index contributed by atoms with van der Waals surface area (Å²) in [5.41, 5.74) is -0.0866. The second kappa shape index (κ2) is 4.80. The summed E-state index contributed by atoms with van der Waals surface area (Å²) in [7, 11) is 0. The first-order valence-corrected chi connectivity index (χ1v) is 5.03. The highest BCUT2D eigenvalue weighted by atomic mass is 35.5. The quantitative estimate of drug-likeness (QED) is 0.907. The smallest absolute Gasteiger partial charge is 0.354 e. The summed E-state index contributed by atoms with van der Waals surface area (Å²) < 4.78 is 5.28. The molecule has 6 heteroatoms. The molecule has 0 radical (unpaired) electrons. The Kier molecular flexibility index (Phi) is 3.20. The maximum atomic E-state index is 10.7. The molecule has 0 aliphatic carbocycles. The van der Waals surface area contributed by atoms with Crippen molar-refractivity contribution in [2.45, 2.75) is 0 Å². The third-order valence-electron chi connectivity index (χ3n) is 1.85. The number of pyridine rings is 2. The van der Waals surface area contributed by atoms with E-state index in [0.29, 0.717) is 10.9 Å². The monoisotopic (exact) mass is 250 g/mol. The van der Waals surface area contributed by atoms with Gasteiger partial charge in [-0.25, -0.2) is 14.8 Å². The van der Waals surface area contributed by atoms with Gasteiger partial charge in [0.1, 0.15) is 0 Å². The predicted octanol–water partition coefficient (Wildman–Crippen LogP) is 2.62. The summed E-state index contributed by atoms with van der Waals surface area (Å²) in [5.74, 6) is -0.649. The van der Waals surface area contributed by atoms with Gasteiger partial charge in [0.25, 0.3) is 0 Å². The van der Waals surface area contributed by atoms with Crippen LogP contribution in [0.2, 0.25) is 5.02 Å². The molecule has 2 heterocycles.